The minimum atomic E-state index is 0.222. The lowest BCUT2D eigenvalue weighted by atomic mass is 9.91. The Balaban J connectivity index is 3.31. The summed E-state index contributed by atoms with van der Waals surface area (Å²) in [5, 5.41) is 3.36. The minimum absolute atomic E-state index is 0.222. The van der Waals surface area contributed by atoms with Crippen LogP contribution < -0.4 is 19.5 Å². The fraction of sp³-hybridized carbons (Fsp3) is 0.600. The van der Waals surface area contributed by atoms with E-state index in [2.05, 4.69) is 19.2 Å². The van der Waals surface area contributed by atoms with E-state index in [1.54, 1.807) is 21.3 Å². The summed E-state index contributed by atoms with van der Waals surface area (Å²) in [5.41, 5.74) is 1.09. The Morgan fingerprint density at radius 2 is 1.53 bits per heavy atom. The molecule has 0 heterocycles. The van der Waals surface area contributed by atoms with Gasteiger partial charge in [-0.05, 0) is 19.0 Å². The molecule has 1 N–H and O–H groups in total. The smallest absolute Gasteiger partial charge is 0.164 e. The normalized spacial score (nSPS) is 13.8. The molecule has 0 aliphatic rings. The highest BCUT2D eigenvalue weighted by molar-refractivity contribution is 5.52. The second-order valence-corrected chi connectivity index (χ2v) is 4.60. The van der Waals surface area contributed by atoms with Crippen molar-refractivity contribution in [2.75, 3.05) is 28.4 Å². The molecule has 2 atom stereocenters. The highest BCUT2D eigenvalue weighted by Gasteiger charge is 2.22. The molecule has 0 saturated heterocycles. The summed E-state index contributed by atoms with van der Waals surface area (Å²) < 4.78 is 16.2. The van der Waals surface area contributed by atoms with Gasteiger partial charge in [0.2, 0.25) is 0 Å². The molecule has 0 fully saturated rings. The van der Waals surface area contributed by atoms with Crippen molar-refractivity contribution >= 4 is 0 Å². The number of hydrogen-bond donors (Lipinski definition) is 1. The highest BCUT2D eigenvalue weighted by Crippen LogP contribution is 2.39. The molecule has 19 heavy (non-hydrogen) atoms. The Kier molecular flexibility index (Phi) is 5.96. The highest BCUT2D eigenvalue weighted by atomic mass is 16.5. The summed E-state index contributed by atoms with van der Waals surface area (Å²) in [6.45, 7) is 4.40. The first kappa shape index (κ1) is 15.6. The Morgan fingerprint density at radius 3 is 1.95 bits per heavy atom. The van der Waals surface area contributed by atoms with Gasteiger partial charge in [0, 0.05) is 17.7 Å². The molecule has 0 spiro atoms. The molecule has 4 nitrogen and oxygen atoms in total. The van der Waals surface area contributed by atoms with Crippen molar-refractivity contribution in [3.63, 3.8) is 0 Å². The van der Waals surface area contributed by atoms with Crippen LogP contribution in [0, 0.1) is 5.92 Å². The summed E-state index contributed by atoms with van der Waals surface area (Å²) in [6.07, 6.45) is 1.09. The number of rotatable bonds is 7. The van der Waals surface area contributed by atoms with Gasteiger partial charge in [0.1, 0.15) is 5.75 Å². The number of nitrogens with one attached hydrogen (secondary N) is 1. The molecule has 4 heteroatoms. The van der Waals surface area contributed by atoms with E-state index in [0.717, 1.165) is 23.5 Å². The summed E-state index contributed by atoms with van der Waals surface area (Å²) in [5.74, 6) is 2.72. The molecule has 1 aromatic rings. The molecule has 0 saturated carbocycles. The zero-order chi connectivity index (χ0) is 14.4. The standard InChI is InChI=1S/C15H25NO3/c1-7-10(2)15(16-3)11-8-13(18-5)14(19-6)9-12(11)17-4/h8-10,15-16H,7H2,1-6H3. The van der Waals surface area contributed by atoms with E-state index >= 15 is 0 Å². The van der Waals surface area contributed by atoms with Gasteiger partial charge in [-0.3, -0.25) is 0 Å². The molecule has 2 unspecified atom stereocenters. The van der Waals surface area contributed by atoms with E-state index < -0.39 is 0 Å². The molecule has 0 bridgehead atoms. The van der Waals surface area contributed by atoms with Crippen molar-refractivity contribution in [2.24, 2.45) is 5.92 Å². The molecule has 1 aromatic carbocycles. The van der Waals surface area contributed by atoms with E-state index in [-0.39, 0.29) is 6.04 Å². The number of benzene rings is 1. The summed E-state index contributed by atoms with van der Waals surface area (Å²) in [7, 11) is 6.91. The Hall–Kier alpha value is -1.42. The summed E-state index contributed by atoms with van der Waals surface area (Å²) in [6, 6.07) is 4.09. The lowest BCUT2D eigenvalue weighted by Crippen LogP contribution is -2.23. The number of ether oxygens (including phenoxy) is 3. The van der Waals surface area contributed by atoms with Crippen LogP contribution in [-0.4, -0.2) is 28.4 Å². The lowest BCUT2D eigenvalue weighted by Gasteiger charge is -2.25. The van der Waals surface area contributed by atoms with E-state index in [0.29, 0.717) is 11.7 Å². The fourth-order valence-corrected chi connectivity index (χ4v) is 2.28. The van der Waals surface area contributed by atoms with Gasteiger partial charge in [0.25, 0.3) is 0 Å². The first-order chi connectivity index (χ1) is 9.12. The van der Waals surface area contributed by atoms with E-state index in [4.69, 9.17) is 14.2 Å². The van der Waals surface area contributed by atoms with Gasteiger partial charge in [0.15, 0.2) is 11.5 Å². The van der Waals surface area contributed by atoms with E-state index in [9.17, 15) is 0 Å². The molecule has 0 radical (unpaired) electrons. The Morgan fingerprint density at radius 1 is 1.00 bits per heavy atom. The van der Waals surface area contributed by atoms with Crippen LogP contribution in [0.25, 0.3) is 0 Å². The molecule has 108 valence electrons. The Bertz CT molecular complexity index is 407. The predicted octanol–water partition coefficient (Wildman–Crippen LogP) is 3.02. The van der Waals surface area contributed by atoms with Crippen LogP contribution in [0.3, 0.4) is 0 Å². The Labute approximate surface area is 116 Å². The van der Waals surface area contributed by atoms with Crippen LogP contribution in [0.5, 0.6) is 17.2 Å². The molecule has 0 aliphatic heterocycles. The zero-order valence-corrected chi connectivity index (χ0v) is 12.7. The quantitative estimate of drug-likeness (QED) is 0.824. The van der Waals surface area contributed by atoms with Crippen LogP contribution in [-0.2, 0) is 0 Å². The van der Waals surface area contributed by atoms with Crippen molar-refractivity contribution in [3.8, 4) is 17.2 Å². The van der Waals surface area contributed by atoms with Gasteiger partial charge in [-0.2, -0.15) is 0 Å². The average Bonchev–Trinajstić information content (AvgIpc) is 2.46. The number of methoxy groups -OCH3 is 3. The number of hydrogen-bond acceptors (Lipinski definition) is 4. The predicted molar refractivity (Wildman–Crippen MR) is 77.4 cm³/mol. The van der Waals surface area contributed by atoms with Gasteiger partial charge in [-0.1, -0.05) is 20.3 Å². The monoisotopic (exact) mass is 267 g/mol. The lowest BCUT2D eigenvalue weighted by molar-refractivity contribution is 0.337. The van der Waals surface area contributed by atoms with Crippen LogP contribution in [0.1, 0.15) is 31.9 Å². The zero-order valence-electron chi connectivity index (χ0n) is 12.7. The molecular weight excluding hydrogens is 242 g/mol. The molecule has 0 aliphatic carbocycles. The second kappa shape index (κ2) is 7.24. The first-order valence-electron chi connectivity index (χ1n) is 6.60. The third-order valence-corrected chi connectivity index (χ3v) is 3.59. The maximum Gasteiger partial charge on any atom is 0.164 e. The maximum absolute atomic E-state index is 5.49. The molecular formula is C15H25NO3. The average molecular weight is 267 g/mol. The fourth-order valence-electron chi connectivity index (χ4n) is 2.28. The van der Waals surface area contributed by atoms with Crippen LogP contribution in [0.4, 0.5) is 0 Å². The van der Waals surface area contributed by atoms with Gasteiger partial charge < -0.3 is 19.5 Å². The van der Waals surface area contributed by atoms with Gasteiger partial charge in [0.05, 0.1) is 21.3 Å². The van der Waals surface area contributed by atoms with E-state index in [1.807, 2.05) is 19.2 Å². The van der Waals surface area contributed by atoms with Crippen molar-refractivity contribution in [3.05, 3.63) is 17.7 Å². The summed E-state index contributed by atoms with van der Waals surface area (Å²) in [4.78, 5) is 0. The third kappa shape index (κ3) is 3.32. The maximum atomic E-state index is 5.49. The second-order valence-electron chi connectivity index (χ2n) is 4.60. The summed E-state index contributed by atoms with van der Waals surface area (Å²) >= 11 is 0. The van der Waals surface area contributed by atoms with Gasteiger partial charge >= 0.3 is 0 Å². The molecule has 0 aromatic heterocycles. The third-order valence-electron chi connectivity index (χ3n) is 3.59. The largest absolute Gasteiger partial charge is 0.496 e. The molecule has 0 amide bonds. The van der Waals surface area contributed by atoms with Crippen LogP contribution in [0.15, 0.2) is 12.1 Å². The topological polar surface area (TPSA) is 39.7 Å². The van der Waals surface area contributed by atoms with Crippen molar-refractivity contribution in [2.45, 2.75) is 26.3 Å². The van der Waals surface area contributed by atoms with Crippen molar-refractivity contribution in [1.82, 2.24) is 5.32 Å². The van der Waals surface area contributed by atoms with Crippen LogP contribution in [0.2, 0.25) is 0 Å². The SMILES string of the molecule is CCC(C)C(NC)c1cc(OC)c(OC)cc1OC. The molecule has 1 rings (SSSR count). The van der Waals surface area contributed by atoms with Crippen molar-refractivity contribution < 1.29 is 14.2 Å². The minimum Gasteiger partial charge on any atom is -0.496 e. The van der Waals surface area contributed by atoms with Gasteiger partial charge in [-0.25, -0.2) is 0 Å². The van der Waals surface area contributed by atoms with Crippen molar-refractivity contribution in [1.29, 1.82) is 0 Å². The van der Waals surface area contributed by atoms with E-state index in [1.165, 1.54) is 0 Å². The van der Waals surface area contributed by atoms with Gasteiger partial charge in [-0.15, -0.1) is 0 Å². The van der Waals surface area contributed by atoms with Crippen LogP contribution >= 0.6 is 0 Å². The first-order valence-corrected chi connectivity index (χ1v) is 6.60.